The average Bonchev–Trinajstić information content (AvgIpc) is 3.71. The number of nitrogens with zero attached hydrogens (tertiary/aromatic N) is 4. The van der Waals surface area contributed by atoms with Crippen molar-refractivity contribution in [1.29, 1.82) is 0 Å². The van der Waals surface area contributed by atoms with E-state index in [0.717, 1.165) is 32.9 Å². The number of aromatic nitrogens is 4. The Bertz CT molecular complexity index is 2920. The van der Waals surface area contributed by atoms with Gasteiger partial charge in [0, 0.05) is 53.3 Å². The fraction of sp³-hybridized carbons (Fsp3) is 0. The van der Waals surface area contributed by atoms with Crippen LogP contribution in [0, 0.1) is 0 Å². The third-order valence-electron chi connectivity index (χ3n) is 7.64. The highest BCUT2D eigenvalue weighted by molar-refractivity contribution is 7.25. The Morgan fingerprint density at radius 2 is 1.07 bits per heavy atom. The summed E-state index contributed by atoms with van der Waals surface area (Å²) in [6, 6.07) is 22.6. The van der Waals surface area contributed by atoms with E-state index in [9.17, 15) is 0 Å². The lowest BCUT2D eigenvalue weighted by Gasteiger charge is -2.11. The van der Waals surface area contributed by atoms with Crippen LogP contribution in [0.15, 0.2) is 145 Å². The lowest BCUT2D eigenvalue weighted by Crippen LogP contribution is -2.00. The van der Waals surface area contributed by atoms with Crippen LogP contribution in [0.3, 0.4) is 0 Å². The van der Waals surface area contributed by atoms with Crippen LogP contribution in [-0.4, -0.2) is 19.5 Å². The number of thiophene rings is 1. The summed E-state index contributed by atoms with van der Waals surface area (Å²) < 4.78 is 88.1. The molecule has 0 aliphatic carbocycles. The summed E-state index contributed by atoms with van der Waals surface area (Å²) in [6.07, 6.45) is 0. The van der Waals surface area contributed by atoms with Crippen molar-refractivity contribution in [3.8, 4) is 39.9 Å². The molecule has 0 atom stereocenters. The summed E-state index contributed by atoms with van der Waals surface area (Å²) in [6.45, 7) is 0. The van der Waals surface area contributed by atoms with Crippen molar-refractivity contribution in [2.75, 3.05) is 0 Å². The summed E-state index contributed by atoms with van der Waals surface area (Å²) in [5.41, 5.74) is 2.70. The van der Waals surface area contributed by atoms with Gasteiger partial charge in [-0.25, -0.2) is 15.0 Å². The zero-order valence-electron chi connectivity index (χ0n) is 32.8. The summed E-state index contributed by atoms with van der Waals surface area (Å²) in [5, 5.41) is 4.55. The van der Waals surface area contributed by atoms with Crippen LogP contribution in [0.4, 0.5) is 0 Å². The molecule has 0 aliphatic heterocycles. The Balaban J connectivity index is 1.26. The van der Waals surface area contributed by atoms with Crippen molar-refractivity contribution in [2.45, 2.75) is 0 Å². The van der Waals surface area contributed by atoms with Crippen LogP contribution >= 0.6 is 11.3 Å². The molecule has 9 rings (SSSR count). The van der Waals surface area contributed by atoms with Crippen LogP contribution < -0.4 is 0 Å². The third-order valence-corrected chi connectivity index (χ3v) is 8.77. The second-order valence-corrected chi connectivity index (χ2v) is 11.3. The van der Waals surface area contributed by atoms with Crippen LogP contribution in [0.5, 0.6) is 0 Å². The quantitative estimate of drug-likeness (QED) is 0.205. The van der Waals surface area contributed by atoms with Crippen LogP contribution in [0.2, 0.25) is 0 Å². The van der Waals surface area contributed by atoms with Gasteiger partial charge in [-0.2, -0.15) is 0 Å². The standard InChI is InChI=1S/C39H24N4S/c1-3-11-25(12-4-1)37-40-38(26-13-5-2-6-14-26)42-39(41-37)27-19-21-28(22-20-27)43-33-17-9-7-15-29(33)31-24-36-32(23-34(31)43)30-16-8-10-18-35(30)44-36/h1-24H/i1D,2D,3D,4D,5D,6D,11D,12D,13D,14D. The molecule has 0 spiro atoms. The highest BCUT2D eigenvalue weighted by atomic mass is 32.1. The van der Waals surface area contributed by atoms with E-state index in [4.69, 9.17) is 13.7 Å². The average molecular weight is 591 g/mol. The molecule has 0 saturated heterocycles. The van der Waals surface area contributed by atoms with Gasteiger partial charge in [-0.15, -0.1) is 11.3 Å². The van der Waals surface area contributed by atoms with Crippen LogP contribution in [0.25, 0.3) is 81.8 Å². The smallest absolute Gasteiger partial charge is 0.164 e. The van der Waals surface area contributed by atoms with Crippen molar-refractivity contribution in [3.05, 3.63) is 145 Å². The molecule has 3 heterocycles. The fourth-order valence-electron chi connectivity index (χ4n) is 5.68. The lowest BCUT2D eigenvalue weighted by molar-refractivity contribution is 1.07. The van der Waals surface area contributed by atoms with E-state index in [-0.39, 0.29) is 28.6 Å². The predicted octanol–water partition coefficient (Wildman–Crippen LogP) is 10.3. The topological polar surface area (TPSA) is 43.6 Å². The predicted molar refractivity (Wildman–Crippen MR) is 183 cm³/mol. The molecule has 0 bridgehead atoms. The molecule has 6 aromatic carbocycles. The van der Waals surface area contributed by atoms with Crippen molar-refractivity contribution in [3.63, 3.8) is 0 Å². The molecule has 9 aromatic rings. The van der Waals surface area contributed by atoms with E-state index in [1.54, 1.807) is 23.5 Å². The van der Waals surface area contributed by atoms with Gasteiger partial charge in [0.1, 0.15) is 0 Å². The molecule has 5 heteroatoms. The molecule has 3 aromatic heterocycles. The fourth-order valence-corrected chi connectivity index (χ4v) is 6.80. The zero-order chi connectivity index (χ0) is 37.7. The number of para-hydroxylation sites is 1. The minimum absolute atomic E-state index is 0.00819. The molecular weight excluding hydrogens is 557 g/mol. The van der Waals surface area contributed by atoms with E-state index in [0.29, 0.717) is 5.56 Å². The number of fused-ring (bicyclic) bond motifs is 6. The van der Waals surface area contributed by atoms with Crippen molar-refractivity contribution in [1.82, 2.24) is 19.5 Å². The molecule has 0 fully saturated rings. The molecule has 4 nitrogen and oxygen atoms in total. The van der Waals surface area contributed by atoms with E-state index < -0.39 is 60.4 Å². The Hall–Kier alpha value is -5.65. The first-order valence-corrected chi connectivity index (χ1v) is 14.6. The van der Waals surface area contributed by atoms with E-state index in [1.807, 2.05) is 36.4 Å². The van der Waals surface area contributed by atoms with Crippen LogP contribution in [-0.2, 0) is 0 Å². The van der Waals surface area contributed by atoms with Gasteiger partial charge in [0.2, 0.25) is 0 Å². The normalized spacial score (nSPS) is 14.8. The first-order chi connectivity index (χ1) is 25.9. The minimum Gasteiger partial charge on any atom is -0.309 e. The Labute approximate surface area is 271 Å². The lowest BCUT2D eigenvalue weighted by atomic mass is 10.1. The second kappa shape index (κ2) is 9.97. The molecule has 0 aliphatic rings. The maximum atomic E-state index is 8.59. The van der Waals surface area contributed by atoms with E-state index in [1.165, 1.54) is 14.8 Å². The monoisotopic (exact) mass is 590 g/mol. The maximum Gasteiger partial charge on any atom is 0.164 e. The summed E-state index contributed by atoms with van der Waals surface area (Å²) in [4.78, 5) is 13.5. The molecule has 0 saturated carbocycles. The van der Waals surface area contributed by atoms with Gasteiger partial charge in [0.15, 0.2) is 17.5 Å². The van der Waals surface area contributed by atoms with Gasteiger partial charge in [0.05, 0.1) is 24.7 Å². The van der Waals surface area contributed by atoms with Gasteiger partial charge >= 0.3 is 0 Å². The Morgan fingerprint density at radius 1 is 0.477 bits per heavy atom. The molecule has 0 radical (unpaired) electrons. The molecule has 0 unspecified atom stereocenters. The molecule has 0 N–H and O–H groups in total. The van der Waals surface area contributed by atoms with E-state index >= 15 is 0 Å². The molecule has 44 heavy (non-hydrogen) atoms. The highest BCUT2D eigenvalue weighted by Gasteiger charge is 2.16. The Morgan fingerprint density at radius 3 is 1.75 bits per heavy atom. The zero-order valence-corrected chi connectivity index (χ0v) is 23.6. The number of rotatable bonds is 4. The van der Waals surface area contributed by atoms with Crippen molar-refractivity contribution >= 4 is 53.3 Å². The van der Waals surface area contributed by atoms with Crippen LogP contribution in [0.1, 0.15) is 13.7 Å². The molecule has 206 valence electrons. The first-order valence-electron chi connectivity index (χ1n) is 18.8. The number of hydrogen-bond donors (Lipinski definition) is 0. The largest absolute Gasteiger partial charge is 0.309 e. The summed E-state index contributed by atoms with van der Waals surface area (Å²) in [5.74, 6) is -0.608. The van der Waals surface area contributed by atoms with Gasteiger partial charge in [-0.3, -0.25) is 0 Å². The summed E-state index contributed by atoms with van der Waals surface area (Å²) in [7, 11) is 0. The van der Waals surface area contributed by atoms with Gasteiger partial charge in [-0.1, -0.05) is 96.8 Å². The minimum atomic E-state index is -0.597. The van der Waals surface area contributed by atoms with E-state index in [2.05, 4.69) is 55.9 Å². The van der Waals surface area contributed by atoms with Gasteiger partial charge < -0.3 is 4.57 Å². The molecule has 0 amide bonds. The first kappa shape index (κ1) is 16.8. The number of benzene rings is 6. The summed E-state index contributed by atoms with van der Waals surface area (Å²) >= 11 is 1.76. The highest BCUT2D eigenvalue weighted by Crippen LogP contribution is 2.40. The van der Waals surface area contributed by atoms with Gasteiger partial charge in [0.25, 0.3) is 0 Å². The number of hydrogen-bond acceptors (Lipinski definition) is 4. The third kappa shape index (κ3) is 4.02. The SMILES string of the molecule is [2H]c1c([2H])c([2H])c(-c2nc(-c3ccc(-n4c5ccccc5c5cc6sc7ccccc7c6cc54)cc3)nc(-c3c([2H])c([2H])c([2H])c([2H])c3[2H])n2)c([2H])c1[2H]. The van der Waals surface area contributed by atoms with Gasteiger partial charge in [-0.05, 0) is 48.5 Å². The molecular formula is C39H24N4S. The second-order valence-electron chi connectivity index (χ2n) is 10.2. The van der Waals surface area contributed by atoms with Crippen molar-refractivity contribution in [2.24, 2.45) is 0 Å². The van der Waals surface area contributed by atoms with Crippen molar-refractivity contribution < 1.29 is 13.7 Å². The maximum absolute atomic E-state index is 8.59. The Kier molecular flexibility index (Phi) is 3.82.